The highest BCUT2D eigenvalue weighted by atomic mass is 32.2. The van der Waals surface area contributed by atoms with Gasteiger partial charge in [-0.25, -0.2) is 12.8 Å². The number of nitrogens with one attached hydrogen (secondary N) is 1. The fourth-order valence-corrected chi connectivity index (χ4v) is 5.40. The zero-order chi connectivity index (χ0) is 21.7. The molecule has 0 aliphatic rings. The van der Waals surface area contributed by atoms with Crippen molar-refractivity contribution in [2.75, 3.05) is 18.0 Å². The van der Waals surface area contributed by atoms with Crippen LogP contribution >= 0.6 is 11.3 Å². The first-order valence-electron chi connectivity index (χ1n) is 9.07. The first-order chi connectivity index (χ1) is 14.3. The third kappa shape index (κ3) is 4.80. The summed E-state index contributed by atoms with van der Waals surface area (Å²) in [6.07, 6.45) is 0. The van der Waals surface area contributed by atoms with E-state index in [0.717, 1.165) is 27.3 Å². The lowest BCUT2D eigenvalue weighted by molar-refractivity contribution is -0.120. The summed E-state index contributed by atoms with van der Waals surface area (Å²) in [4.78, 5) is 12.7. The van der Waals surface area contributed by atoms with Crippen LogP contribution in [0.1, 0.15) is 18.5 Å². The number of benzene rings is 2. The monoisotopic (exact) mass is 448 g/mol. The van der Waals surface area contributed by atoms with Gasteiger partial charge in [0, 0.05) is 0 Å². The van der Waals surface area contributed by atoms with E-state index in [-0.39, 0.29) is 15.9 Å². The number of para-hydroxylation sites is 1. The number of hydrogen-bond donors (Lipinski definition) is 1. The van der Waals surface area contributed by atoms with Crippen LogP contribution in [-0.2, 0) is 14.8 Å². The van der Waals surface area contributed by atoms with Crippen molar-refractivity contribution in [3.05, 3.63) is 77.4 Å². The Balaban J connectivity index is 1.84. The number of nitrogens with zero attached hydrogens (tertiary/aromatic N) is 1. The molecular weight excluding hydrogens is 427 g/mol. The number of carbonyl (C=O) groups excluding carboxylic acids is 1. The molecule has 0 saturated heterocycles. The van der Waals surface area contributed by atoms with E-state index in [2.05, 4.69) is 5.32 Å². The number of carbonyl (C=O) groups is 1. The zero-order valence-corrected chi connectivity index (χ0v) is 18.0. The van der Waals surface area contributed by atoms with E-state index < -0.39 is 28.3 Å². The number of rotatable bonds is 8. The molecule has 0 aliphatic heterocycles. The van der Waals surface area contributed by atoms with Crippen LogP contribution < -0.4 is 14.4 Å². The molecular formula is C21H21FN2O4S2. The highest BCUT2D eigenvalue weighted by Crippen LogP contribution is 2.28. The summed E-state index contributed by atoms with van der Waals surface area (Å²) in [7, 11) is -2.54. The Morgan fingerprint density at radius 3 is 2.43 bits per heavy atom. The molecule has 1 heterocycles. The van der Waals surface area contributed by atoms with Crippen LogP contribution in [0.15, 0.2) is 70.3 Å². The summed E-state index contributed by atoms with van der Waals surface area (Å²) in [5, 5.41) is 4.38. The van der Waals surface area contributed by atoms with Gasteiger partial charge in [-0.2, -0.15) is 0 Å². The molecule has 1 unspecified atom stereocenters. The summed E-state index contributed by atoms with van der Waals surface area (Å²) in [5.74, 6) is -0.597. The Hall–Kier alpha value is -2.91. The van der Waals surface area contributed by atoms with Gasteiger partial charge < -0.3 is 10.1 Å². The van der Waals surface area contributed by atoms with Gasteiger partial charge in [0.1, 0.15) is 22.3 Å². The molecule has 0 bridgehead atoms. The number of ether oxygens (including phenoxy) is 1. The zero-order valence-electron chi connectivity index (χ0n) is 16.4. The quantitative estimate of drug-likeness (QED) is 0.566. The van der Waals surface area contributed by atoms with Crippen LogP contribution in [0.3, 0.4) is 0 Å². The van der Waals surface area contributed by atoms with Crippen LogP contribution in [0, 0.1) is 5.82 Å². The molecule has 0 aliphatic carbocycles. The Bertz CT molecular complexity index is 1100. The molecule has 1 atom stereocenters. The minimum absolute atomic E-state index is 0.0294. The maximum Gasteiger partial charge on any atom is 0.274 e. The second kappa shape index (κ2) is 9.27. The lowest BCUT2D eigenvalue weighted by Crippen LogP contribution is -2.41. The fraction of sp³-hybridized carbons (Fsp3) is 0.190. The van der Waals surface area contributed by atoms with Gasteiger partial charge in [-0.1, -0.05) is 30.3 Å². The van der Waals surface area contributed by atoms with Gasteiger partial charge in [-0.15, -0.1) is 11.3 Å². The maximum absolute atomic E-state index is 14.4. The van der Waals surface area contributed by atoms with Gasteiger partial charge in [0.25, 0.3) is 10.0 Å². The van der Waals surface area contributed by atoms with E-state index in [1.807, 2.05) is 0 Å². The average molecular weight is 449 g/mol. The van der Waals surface area contributed by atoms with Crippen molar-refractivity contribution in [3.8, 4) is 5.75 Å². The molecule has 3 aromatic rings. The summed E-state index contributed by atoms with van der Waals surface area (Å²) in [6, 6.07) is 15.3. The highest BCUT2D eigenvalue weighted by Gasteiger charge is 2.30. The third-order valence-corrected chi connectivity index (χ3v) is 7.57. The number of sulfonamides is 1. The number of halogens is 1. The van der Waals surface area contributed by atoms with Crippen LogP contribution in [0.2, 0.25) is 0 Å². The fourth-order valence-electron chi connectivity index (χ4n) is 2.87. The third-order valence-electron chi connectivity index (χ3n) is 4.44. The molecule has 0 saturated carbocycles. The lowest BCUT2D eigenvalue weighted by Gasteiger charge is -2.24. The normalized spacial score (nSPS) is 12.2. The molecule has 9 heteroatoms. The maximum atomic E-state index is 14.4. The molecule has 1 amide bonds. The predicted octanol–water partition coefficient (Wildman–Crippen LogP) is 3.97. The summed E-state index contributed by atoms with van der Waals surface area (Å²) in [5.41, 5.74) is 0.640. The highest BCUT2D eigenvalue weighted by molar-refractivity contribution is 7.94. The van der Waals surface area contributed by atoms with Gasteiger partial charge in [-0.05, 0) is 48.2 Å². The average Bonchev–Trinajstić information content (AvgIpc) is 3.28. The Morgan fingerprint density at radius 2 is 1.83 bits per heavy atom. The van der Waals surface area contributed by atoms with Crippen LogP contribution in [0.5, 0.6) is 5.75 Å². The second-order valence-corrected chi connectivity index (χ2v) is 9.49. The van der Waals surface area contributed by atoms with Crippen LogP contribution in [0.25, 0.3) is 0 Å². The van der Waals surface area contributed by atoms with Gasteiger partial charge in [-0.3, -0.25) is 9.10 Å². The van der Waals surface area contributed by atoms with E-state index in [1.54, 1.807) is 49.7 Å². The molecule has 2 aromatic carbocycles. The number of hydrogen-bond acceptors (Lipinski definition) is 5. The van der Waals surface area contributed by atoms with Crippen molar-refractivity contribution in [3.63, 3.8) is 0 Å². The van der Waals surface area contributed by atoms with Gasteiger partial charge in [0.2, 0.25) is 5.91 Å². The van der Waals surface area contributed by atoms with E-state index in [4.69, 9.17) is 4.74 Å². The first kappa shape index (κ1) is 21.8. The second-order valence-electron chi connectivity index (χ2n) is 6.46. The smallest absolute Gasteiger partial charge is 0.274 e. The molecule has 1 aromatic heterocycles. The SMILES string of the molecule is COc1ccc(C(C)NC(=O)CN(c2ccccc2F)S(=O)(=O)c2cccs2)cc1. The number of thiophene rings is 1. The van der Waals surface area contributed by atoms with E-state index in [9.17, 15) is 17.6 Å². The van der Waals surface area contributed by atoms with Crippen molar-refractivity contribution < 1.29 is 22.3 Å². The number of methoxy groups -OCH3 is 1. The molecule has 30 heavy (non-hydrogen) atoms. The van der Waals surface area contributed by atoms with E-state index >= 15 is 0 Å². The van der Waals surface area contributed by atoms with Crippen molar-refractivity contribution in [1.29, 1.82) is 0 Å². The first-order valence-corrected chi connectivity index (χ1v) is 11.4. The van der Waals surface area contributed by atoms with E-state index in [1.165, 1.54) is 24.3 Å². The van der Waals surface area contributed by atoms with Crippen molar-refractivity contribution in [1.82, 2.24) is 5.32 Å². The van der Waals surface area contributed by atoms with Gasteiger partial charge >= 0.3 is 0 Å². The van der Waals surface area contributed by atoms with Gasteiger partial charge in [0.15, 0.2) is 0 Å². The topological polar surface area (TPSA) is 75.7 Å². The molecule has 6 nitrogen and oxygen atoms in total. The molecule has 3 rings (SSSR count). The molecule has 0 spiro atoms. The summed E-state index contributed by atoms with van der Waals surface area (Å²) in [6.45, 7) is 1.22. The van der Waals surface area contributed by atoms with Crippen molar-refractivity contribution in [2.24, 2.45) is 0 Å². The number of amides is 1. The Labute approximate surface area is 179 Å². The standard InChI is InChI=1S/C21H21FN2O4S2/c1-15(16-9-11-17(28-2)12-10-16)23-20(25)14-24(19-7-4-3-6-18(19)22)30(26,27)21-8-5-13-29-21/h3-13,15H,14H2,1-2H3,(H,23,25). The number of anilines is 1. The van der Waals surface area contributed by atoms with Gasteiger partial charge in [0.05, 0.1) is 18.8 Å². The Morgan fingerprint density at radius 1 is 1.13 bits per heavy atom. The summed E-state index contributed by atoms with van der Waals surface area (Å²) < 4.78 is 46.5. The van der Waals surface area contributed by atoms with Crippen LogP contribution in [-0.4, -0.2) is 28.0 Å². The molecule has 0 fully saturated rings. The molecule has 158 valence electrons. The Kier molecular flexibility index (Phi) is 6.73. The lowest BCUT2D eigenvalue weighted by atomic mass is 10.1. The van der Waals surface area contributed by atoms with Crippen LogP contribution in [0.4, 0.5) is 10.1 Å². The van der Waals surface area contributed by atoms with E-state index in [0.29, 0.717) is 5.75 Å². The minimum atomic E-state index is -4.10. The van der Waals surface area contributed by atoms with Crippen molar-refractivity contribution >= 4 is 33.0 Å². The molecule has 1 N–H and O–H groups in total. The summed E-state index contributed by atoms with van der Waals surface area (Å²) >= 11 is 1.00. The largest absolute Gasteiger partial charge is 0.497 e. The van der Waals surface area contributed by atoms with Crippen molar-refractivity contribution in [2.45, 2.75) is 17.2 Å². The molecule has 0 radical (unpaired) electrons. The minimum Gasteiger partial charge on any atom is -0.497 e. The predicted molar refractivity (Wildman–Crippen MR) is 115 cm³/mol.